The van der Waals surface area contributed by atoms with E-state index in [4.69, 9.17) is 9.47 Å². The number of para-hydroxylation sites is 1. The first kappa shape index (κ1) is 18.3. The smallest absolute Gasteiger partial charge is 0.191 e. The Balaban J connectivity index is 1.81. The maximum Gasteiger partial charge on any atom is 0.191 e. The molecule has 1 aromatic carbocycles. The normalized spacial score (nSPS) is 14.3. The molecule has 5 heteroatoms. The largest absolute Gasteiger partial charge is 0.489 e. The van der Waals surface area contributed by atoms with E-state index in [-0.39, 0.29) is 0 Å². The quantitative estimate of drug-likeness (QED) is 0.283. The van der Waals surface area contributed by atoms with Crippen LogP contribution in [-0.4, -0.2) is 38.9 Å². The monoisotopic (exact) mass is 331 g/mol. The van der Waals surface area contributed by atoms with Gasteiger partial charge in [0.05, 0.1) is 13.2 Å². The predicted molar refractivity (Wildman–Crippen MR) is 98.5 cm³/mol. The van der Waals surface area contributed by atoms with Crippen molar-refractivity contribution in [2.45, 2.75) is 26.3 Å². The Morgan fingerprint density at radius 1 is 1.33 bits per heavy atom. The van der Waals surface area contributed by atoms with Crippen molar-refractivity contribution in [3.63, 3.8) is 0 Å². The summed E-state index contributed by atoms with van der Waals surface area (Å²) in [6.45, 7) is 9.98. The van der Waals surface area contributed by atoms with Gasteiger partial charge in [0.15, 0.2) is 5.96 Å². The summed E-state index contributed by atoms with van der Waals surface area (Å²) in [6.07, 6.45) is 4.39. The molecule has 0 atom stereocenters. The molecule has 0 spiro atoms. The zero-order valence-electron chi connectivity index (χ0n) is 14.6. The second-order valence-electron chi connectivity index (χ2n) is 5.85. The summed E-state index contributed by atoms with van der Waals surface area (Å²) in [6, 6.07) is 7.95. The number of benzene rings is 1. The molecule has 0 bridgehead atoms. The molecule has 0 amide bonds. The van der Waals surface area contributed by atoms with Crippen molar-refractivity contribution in [2.24, 2.45) is 10.9 Å². The van der Waals surface area contributed by atoms with Gasteiger partial charge in [-0.15, -0.1) is 0 Å². The van der Waals surface area contributed by atoms with Crippen LogP contribution in [0.25, 0.3) is 0 Å². The lowest BCUT2D eigenvalue weighted by Gasteiger charge is -2.12. The summed E-state index contributed by atoms with van der Waals surface area (Å²) in [7, 11) is 0. The molecular weight excluding hydrogens is 302 g/mol. The van der Waals surface area contributed by atoms with Crippen LogP contribution in [0.1, 0.15) is 25.3 Å². The standard InChI is InChI=1S/C19H29N3O2/c1-3-12-24-18-8-6-5-7-17(18)14-22-19(20-4-2)21-11-13-23-15-16-9-10-16/h3,5-8,16H,1,4,9-15H2,2H3,(H2,20,21,22). The molecule has 0 unspecified atom stereocenters. The van der Waals surface area contributed by atoms with Crippen molar-refractivity contribution in [3.8, 4) is 5.75 Å². The maximum atomic E-state index is 5.67. The van der Waals surface area contributed by atoms with Gasteiger partial charge in [-0.25, -0.2) is 4.99 Å². The molecule has 1 fully saturated rings. The van der Waals surface area contributed by atoms with Gasteiger partial charge in [0.2, 0.25) is 0 Å². The van der Waals surface area contributed by atoms with Crippen molar-refractivity contribution in [1.29, 1.82) is 0 Å². The van der Waals surface area contributed by atoms with E-state index in [0.29, 0.717) is 19.8 Å². The molecule has 2 rings (SSSR count). The predicted octanol–water partition coefficient (Wildman–Crippen LogP) is 2.73. The first-order valence-corrected chi connectivity index (χ1v) is 8.75. The van der Waals surface area contributed by atoms with Gasteiger partial charge in [0, 0.05) is 25.3 Å². The van der Waals surface area contributed by atoms with Crippen molar-refractivity contribution in [3.05, 3.63) is 42.5 Å². The van der Waals surface area contributed by atoms with Crippen LogP contribution in [0, 0.1) is 5.92 Å². The van der Waals surface area contributed by atoms with Gasteiger partial charge in [0.25, 0.3) is 0 Å². The van der Waals surface area contributed by atoms with Crippen LogP contribution in [0.2, 0.25) is 0 Å². The van der Waals surface area contributed by atoms with Gasteiger partial charge in [-0.05, 0) is 31.7 Å². The average molecular weight is 331 g/mol. The molecule has 0 heterocycles. The minimum absolute atomic E-state index is 0.497. The Morgan fingerprint density at radius 2 is 2.17 bits per heavy atom. The van der Waals surface area contributed by atoms with Crippen LogP contribution >= 0.6 is 0 Å². The molecule has 2 N–H and O–H groups in total. The average Bonchev–Trinajstić information content (AvgIpc) is 3.42. The van der Waals surface area contributed by atoms with Gasteiger partial charge in [0.1, 0.15) is 12.4 Å². The topological polar surface area (TPSA) is 54.9 Å². The second-order valence-corrected chi connectivity index (χ2v) is 5.85. The number of rotatable bonds is 11. The highest BCUT2D eigenvalue weighted by molar-refractivity contribution is 5.79. The third-order valence-electron chi connectivity index (χ3n) is 3.67. The highest BCUT2D eigenvalue weighted by atomic mass is 16.5. The first-order chi connectivity index (χ1) is 11.8. The van der Waals surface area contributed by atoms with Crippen LogP contribution in [0.4, 0.5) is 0 Å². The molecule has 0 aromatic heterocycles. The van der Waals surface area contributed by atoms with Crippen molar-refractivity contribution >= 4 is 5.96 Å². The van der Waals surface area contributed by atoms with E-state index in [1.807, 2.05) is 24.3 Å². The molecule has 1 saturated carbocycles. The summed E-state index contributed by atoms with van der Waals surface area (Å²) < 4.78 is 11.3. The molecule has 0 radical (unpaired) electrons. The van der Waals surface area contributed by atoms with E-state index in [9.17, 15) is 0 Å². The SMILES string of the molecule is C=CCOc1ccccc1CN=C(NCC)NCCOCC1CC1. The lowest BCUT2D eigenvalue weighted by molar-refractivity contribution is 0.129. The third-order valence-corrected chi connectivity index (χ3v) is 3.67. The summed E-state index contributed by atoms with van der Waals surface area (Å²) in [5.74, 6) is 2.45. The van der Waals surface area contributed by atoms with Crippen LogP contribution in [0.3, 0.4) is 0 Å². The molecule has 0 aliphatic heterocycles. The molecule has 132 valence electrons. The van der Waals surface area contributed by atoms with E-state index in [2.05, 4.69) is 29.1 Å². The number of hydrogen-bond acceptors (Lipinski definition) is 3. The second kappa shape index (κ2) is 10.7. The Bertz CT molecular complexity index is 527. The van der Waals surface area contributed by atoms with Gasteiger partial charge >= 0.3 is 0 Å². The Kier molecular flexibility index (Phi) is 8.18. The van der Waals surface area contributed by atoms with E-state index in [1.165, 1.54) is 12.8 Å². The van der Waals surface area contributed by atoms with Crippen LogP contribution in [0.15, 0.2) is 41.9 Å². The molecule has 5 nitrogen and oxygen atoms in total. The van der Waals surface area contributed by atoms with Crippen molar-refractivity contribution < 1.29 is 9.47 Å². The molecular formula is C19H29N3O2. The lowest BCUT2D eigenvalue weighted by Crippen LogP contribution is -2.39. The van der Waals surface area contributed by atoms with E-state index in [0.717, 1.165) is 42.9 Å². The highest BCUT2D eigenvalue weighted by Crippen LogP contribution is 2.28. The number of ether oxygens (including phenoxy) is 2. The van der Waals surface area contributed by atoms with Gasteiger partial charge < -0.3 is 20.1 Å². The van der Waals surface area contributed by atoms with Crippen LogP contribution in [-0.2, 0) is 11.3 Å². The number of hydrogen-bond donors (Lipinski definition) is 2. The van der Waals surface area contributed by atoms with E-state index >= 15 is 0 Å². The summed E-state index contributed by atoms with van der Waals surface area (Å²) in [5.41, 5.74) is 1.06. The van der Waals surface area contributed by atoms with Crippen molar-refractivity contribution in [1.82, 2.24) is 10.6 Å². The number of guanidine groups is 1. The van der Waals surface area contributed by atoms with Crippen LogP contribution < -0.4 is 15.4 Å². The highest BCUT2D eigenvalue weighted by Gasteiger charge is 2.20. The Morgan fingerprint density at radius 3 is 2.92 bits per heavy atom. The lowest BCUT2D eigenvalue weighted by atomic mass is 10.2. The first-order valence-electron chi connectivity index (χ1n) is 8.75. The molecule has 0 saturated heterocycles. The third kappa shape index (κ3) is 7.04. The Labute approximate surface area is 145 Å². The van der Waals surface area contributed by atoms with Crippen LogP contribution in [0.5, 0.6) is 5.75 Å². The van der Waals surface area contributed by atoms with E-state index in [1.54, 1.807) is 6.08 Å². The van der Waals surface area contributed by atoms with E-state index < -0.39 is 0 Å². The summed E-state index contributed by atoms with van der Waals surface area (Å²) in [4.78, 5) is 4.63. The molecule has 24 heavy (non-hydrogen) atoms. The number of nitrogens with one attached hydrogen (secondary N) is 2. The zero-order chi connectivity index (χ0) is 17.0. The fraction of sp³-hybridized carbons (Fsp3) is 0.526. The summed E-state index contributed by atoms with van der Waals surface area (Å²) in [5, 5.41) is 6.56. The fourth-order valence-corrected chi connectivity index (χ4v) is 2.21. The maximum absolute atomic E-state index is 5.67. The molecule has 1 aliphatic carbocycles. The zero-order valence-corrected chi connectivity index (χ0v) is 14.6. The van der Waals surface area contributed by atoms with Crippen molar-refractivity contribution in [2.75, 3.05) is 32.9 Å². The minimum Gasteiger partial charge on any atom is -0.489 e. The fourth-order valence-electron chi connectivity index (χ4n) is 2.21. The molecule has 1 aromatic rings. The number of aliphatic imine (C=N–C) groups is 1. The Hall–Kier alpha value is -2.01. The van der Waals surface area contributed by atoms with Gasteiger partial charge in [-0.3, -0.25) is 0 Å². The minimum atomic E-state index is 0.497. The molecule has 1 aliphatic rings. The van der Waals surface area contributed by atoms with Gasteiger partial charge in [-0.1, -0.05) is 30.9 Å². The van der Waals surface area contributed by atoms with Gasteiger partial charge in [-0.2, -0.15) is 0 Å². The summed E-state index contributed by atoms with van der Waals surface area (Å²) >= 11 is 0. The number of nitrogens with zero attached hydrogens (tertiary/aromatic N) is 1.